The first-order valence-corrected chi connectivity index (χ1v) is 7.74. The Labute approximate surface area is 128 Å². The fraction of sp³-hybridized carbons (Fsp3) is 0.500. The van der Waals surface area contributed by atoms with Crippen LogP contribution in [-0.2, 0) is 4.79 Å². The lowest BCUT2D eigenvalue weighted by molar-refractivity contribution is -0.121. The van der Waals surface area contributed by atoms with Crippen LogP contribution >= 0.6 is 11.6 Å². The standard InChI is InChI=1S/C16H17ClFNO2/c17-12-9-10(6-7-13(12)18)16(21)19-8-2-4-14(19)11-3-1-5-15(11)20/h6-7,9,11,14H,1-5,8H2. The van der Waals surface area contributed by atoms with Crippen LogP contribution in [0.15, 0.2) is 18.2 Å². The molecule has 5 heteroatoms. The summed E-state index contributed by atoms with van der Waals surface area (Å²) in [6.45, 7) is 0.655. The summed E-state index contributed by atoms with van der Waals surface area (Å²) in [4.78, 5) is 26.3. The van der Waals surface area contributed by atoms with E-state index in [1.807, 2.05) is 0 Å². The van der Waals surface area contributed by atoms with Crippen molar-refractivity contribution in [3.8, 4) is 0 Å². The van der Waals surface area contributed by atoms with Gasteiger partial charge in [0.25, 0.3) is 5.91 Å². The number of Topliss-reactive ketones (excluding diaryl/α,β-unsaturated/α-hetero) is 1. The molecule has 0 spiro atoms. The summed E-state index contributed by atoms with van der Waals surface area (Å²) in [6.07, 6.45) is 4.21. The normalized spacial score (nSPS) is 25.6. The molecule has 1 aromatic rings. The Morgan fingerprint density at radius 3 is 2.76 bits per heavy atom. The zero-order chi connectivity index (χ0) is 15.0. The number of rotatable bonds is 2. The molecule has 0 radical (unpaired) electrons. The van der Waals surface area contributed by atoms with E-state index in [-0.39, 0.29) is 28.7 Å². The van der Waals surface area contributed by atoms with E-state index in [2.05, 4.69) is 0 Å². The number of benzene rings is 1. The highest BCUT2D eigenvalue weighted by molar-refractivity contribution is 6.31. The predicted molar refractivity (Wildman–Crippen MR) is 77.8 cm³/mol. The number of halogens is 2. The van der Waals surface area contributed by atoms with E-state index in [0.717, 1.165) is 25.7 Å². The monoisotopic (exact) mass is 309 g/mol. The van der Waals surface area contributed by atoms with E-state index in [9.17, 15) is 14.0 Å². The SMILES string of the molecule is O=C1CCCC1C1CCCN1C(=O)c1ccc(F)c(Cl)c1. The first-order chi connectivity index (χ1) is 10.1. The first-order valence-electron chi connectivity index (χ1n) is 7.36. The summed E-state index contributed by atoms with van der Waals surface area (Å²) < 4.78 is 13.2. The van der Waals surface area contributed by atoms with Crippen molar-refractivity contribution in [2.45, 2.75) is 38.1 Å². The van der Waals surface area contributed by atoms with Gasteiger partial charge in [-0.15, -0.1) is 0 Å². The molecule has 1 saturated heterocycles. The molecule has 1 amide bonds. The average Bonchev–Trinajstić information content (AvgIpc) is 3.09. The van der Waals surface area contributed by atoms with E-state index in [1.165, 1.54) is 18.2 Å². The van der Waals surface area contributed by atoms with Gasteiger partial charge >= 0.3 is 0 Å². The number of carbonyl (C=O) groups excluding carboxylic acids is 2. The Morgan fingerprint density at radius 2 is 2.10 bits per heavy atom. The van der Waals surface area contributed by atoms with Gasteiger partial charge in [-0.3, -0.25) is 9.59 Å². The quantitative estimate of drug-likeness (QED) is 0.839. The molecule has 1 heterocycles. The summed E-state index contributed by atoms with van der Waals surface area (Å²) in [6, 6.07) is 4.03. The minimum Gasteiger partial charge on any atom is -0.335 e. The van der Waals surface area contributed by atoms with Gasteiger partial charge < -0.3 is 4.90 Å². The van der Waals surface area contributed by atoms with Gasteiger partial charge in [0.1, 0.15) is 11.6 Å². The van der Waals surface area contributed by atoms with Gasteiger partial charge in [-0.2, -0.15) is 0 Å². The number of carbonyl (C=O) groups is 2. The lowest BCUT2D eigenvalue weighted by Gasteiger charge is -2.28. The Kier molecular flexibility index (Phi) is 3.98. The van der Waals surface area contributed by atoms with Crippen molar-refractivity contribution in [3.63, 3.8) is 0 Å². The van der Waals surface area contributed by atoms with Crippen molar-refractivity contribution in [3.05, 3.63) is 34.6 Å². The Balaban J connectivity index is 1.82. The fourth-order valence-electron chi connectivity index (χ4n) is 3.51. The van der Waals surface area contributed by atoms with Crippen LogP contribution in [0.3, 0.4) is 0 Å². The smallest absolute Gasteiger partial charge is 0.254 e. The summed E-state index contributed by atoms with van der Waals surface area (Å²) in [7, 11) is 0. The number of ketones is 1. The van der Waals surface area contributed by atoms with Gasteiger partial charge in [0.05, 0.1) is 5.02 Å². The van der Waals surface area contributed by atoms with Gasteiger partial charge in [0, 0.05) is 30.5 Å². The predicted octanol–water partition coefficient (Wildman–Crippen LogP) is 3.45. The van der Waals surface area contributed by atoms with Crippen molar-refractivity contribution < 1.29 is 14.0 Å². The zero-order valence-electron chi connectivity index (χ0n) is 11.6. The average molecular weight is 310 g/mol. The number of nitrogens with zero attached hydrogens (tertiary/aromatic N) is 1. The minimum absolute atomic E-state index is 0.00340. The lowest BCUT2D eigenvalue weighted by atomic mass is 9.94. The van der Waals surface area contributed by atoms with Gasteiger partial charge in [-0.1, -0.05) is 11.6 Å². The molecule has 1 saturated carbocycles. The lowest BCUT2D eigenvalue weighted by Crippen LogP contribution is -2.41. The second-order valence-corrected chi connectivity index (χ2v) is 6.21. The van der Waals surface area contributed by atoms with Crippen molar-refractivity contribution in [2.75, 3.05) is 6.54 Å². The van der Waals surface area contributed by atoms with Crippen LogP contribution in [0.5, 0.6) is 0 Å². The van der Waals surface area contributed by atoms with Crippen molar-refractivity contribution in [1.29, 1.82) is 0 Å². The molecule has 1 aromatic carbocycles. The number of hydrogen-bond donors (Lipinski definition) is 0. The van der Waals surface area contributed by atoms with Crippen LogP contribution in [0.2, 0.25) is 5.02 Å². The molecule has 0 N–H and O–H groups in total. The maximum atomic E-state index is 13.2. The molecule has 0 bridgehead atoms. The number of amides is 1. The Morgan fingerprint density at radius 1 is 1.29 bits per heavy atom. The Bertz CT molecular complexity index is 590. The fourth-order valence-corrected chi connectivity index (χ4v) is 3.69. The molecule has 21 heavy (non-hydrogen) atoms. The summed E-state index contributed by atoms with van der Waals surface area (Å²) in [5, 5.41) is -0.0476. The van der Waals surface area contributed by atoms with Gasteiger partial charge in [-0.25, -0.2) is 4.39 Å². The van der Waals surface area contributed by atoms with E-state index >= 15 is 0 Å². The summed E-state index contributed by atoms with van der Waals surface area (Å²) >= 11 is 5.75. The molecule has 3 rings (SSSR count). The van der Waals surface area contributed by atoms with E-state index < -0.39 is 5.82 Å². The second-order valence-electron chi connectivity index (χ2n) is 5.80. The highest BCUT2D eigenvalue weighted by atomic mass is 35.5. The highest BCUT2D eigenvalue weighted by Gasteiger charge is 2.40. The number of hydrogen-bond acceptors (Lipinski definition) is 2. The molecule has 1 aliphatic carbocycles. The molecule has 2 fully saturated rings. The summed E-state index contributed by atoms with van der Waals surface area (Å²) in [5.41, 5.74) is 0.388. The second kappa shape index (κ2) is 5.76. The van der Waals surface area contributed by atoms with Crippen LogP contribution in [0.1, 0.15) is 42.5 Å². The third-order valence-corrected chi connectivity index (χ3v) is 4.83. The highest BCUT2D eigenvalue weighted by Crippen LogP contribution is 2.34. The van der Waals surface area contributed by atoms with E-state index in [1.54, 1.807) is 4.90 Å². The minimum atomic E-state index is -0.530. The van der Waals surface area contributed by atoms with Crippen LogP contribution in [0.4, 0.5) is 4.39 Å². The molecule has 112 valence electrons. The zero-order valence-corrected chi connectivity index (χ0v) is 12.4. The van der Waals surface area contributed by atoms with E-state index in [4.69, 9.17) is 11.6 Å². The molecule has 0 aromatic heterocycles. The maximum Gasteiger partial charge on any atom is 0.254 e. The van der Waals surface area contributed by atoms with E-state index in [0.29, 0.717) is 18.5 Å². The number of likely N-dealkylation sites (tertiary alicyclic amines) is 1. The molecular weight excluding hydrogens is 293 g/mol. The third-order valence-electron chi connectivity index (χ3n) is 4.54. The Hall–Kier alpha value is -1.42. The van der Waals surface area contributed by atoms with Crippen LogP contribution < -0.4 is 0 Å². The van der Waals surface area contributed by atoms with Gasteiger partial charge in [0.2, 0.25) is 0 Å². The third kappa shape index (κ3) is 2.69. The topological polar surface area (TPSA) is 37.4 Å². The molecule has 2 unspecified atom stereocenters. The van der Waals surface area contributed by atoms with Crippen molar-refractivity contribution >= 4 is 23.3 Å². The first kappa shape index (κ1) is 14.5. The molecule has 2 aliphatic rings. The van der Waals surface area contributed by atoms with Crippen LogP contribution in [-0.4, -0.2) is 29.2 Å². The largest absolute Gasteiger partial charge is 0.335 e. The maximum absolute atomic E-state index is 13.2. The summed E-state index contributed by atoms with van der Waals surface area (Å²) in [5.74, 6) is -0.430. The molecule has 1 aliphatic heterocycles. The van der Waals surface area contributed by atoms with Gasteiger partial charge in [0.15, 0.2) is 0 Å². The molecule has 3 nitrogen and oxygen atoms in total. The van der Waals surface area contributed by atoms with Crippen molar-refractivity contribution in [2.24, 2.45) is 5.92 Å². The van der Waals surface area contributed by atoms with Gasteiger partial charge in [-0.05, 0) is 43.9 Å². The molecule has 2 atom stereocenters. The van der Waals surface area contributed by atoms with Crippen LogP contribution in [0, 0.1) is 11.7 Å². The molecular formula is C16H17ClFNO2. The van der Waals surface area contributed by atoms with Crippen molar-refractivity contribution in [1.82, 2.24) is 4.90 Å². The van der Waals surface area contributed by atoms with Crippen LogP contribution in [0.25, 0.3) is 0 Å².